The molecule has 2 aromatic heterocycles. The number of thiophene rings is 1. The van der Waals surface area contributed by atoms with E-state index in [0.717, 1.165) is 60.1 Å². The lowest BCUT2D eigenvalue weighted by atomic mass is 10.0. The normalized spacial score (nSPS) is 15.4. The predicted molar refractivity (Wildman–Crippen MR) is 118 cm³/mol. The molecule has 0 unspecified atom stereocenters. The molecule has 1 fully saturated rings. The van der Waals surface area contributed by atoms with Gasteiger partial charge in [0.15, 0.2) is 0 Å². The van der Waals surface area contributed by atoms with Crippen molar-refractivity contribution in [1.82, 2.24) is 14.9 Å². The Bertz CT molecular complexity index is 965. The Hall–Kier alpha value is -1.89. The molecule has 28 heavy (non-hydrogen) atoms. The largest absolute Gasteiger partial charge is 0.494 e. The van der Waals surface area contributed by atoms with E-state index >= 15 is 0 Å². The van der Waals surface area contributed by atoms with Crippen molar-refractivity contribution in [3.05, 3.63) is 34.4 Å². The zero-order valence-electron chi connectivity index (χ0n) is 16.5. The first-order chi connectivity index (χ1) is 13.6. The number of hydrogen-bond donors (Lipinski definition) is 0. The van der Waals surface area contributed by atoms with Crippen molar-refractivity contribution < 1.29 is 4.74 Å². The van der Waals surface area contributed by atoms with Crippen LogP contribution in [-0.2, 0) is 0 Å². The van der Waals surface area contributed by atoms with Crippen LogP contribution in [0.1, 0.15) is 18.7 Å². The lowest BCUT2D eigenvalue weighted by Gasteiger charge is -2.35. The molecule has 3 aromatic rings. The highest BCUT2D eigenvalue weighted by molar-refractivity contribution is 7.19. The van der Waals surface area contributed by atoms with E-state index in [-0.39, 0.29) is 0 Å². The van der Waals surface area contributed by atoms with Crippen LogP contribution in [0.4, 0.5) is 5.82 Å². The average molecular weight is 417 g/mol. The molecule has 1 aliphatic heterocycles. The van der Waals surface area contributed by atoms with Crippen molar-refractivity contribution in [1.29, 1.82) is 0 Å². The van der Waals surface area contributed by atoms with Gasteiger partial charge in [0.25, 0.3) is 0 Å². The molecule has 3 heterocycles. The van der Waals surface area contributed by atoms with Gasteiger partial charge in [-0.25, -0.2) is 4.98 Å². The van der Waals surface area contributed by atoms with E-state index in [2.05, 4.69) is 45.7 Å². The molecule has 0 atom stereocenters. The third-order valence-corrected chi connectivity index (χ3v) is 6.42. The molecular weight excluding hydrogens is 392 g/mol. The van der Waals surface area contributed by atoms with Crippen LogP contribution in [0.25, 0.3) is 21.3 Å². The first kappa shape index (κ1) is 19.4. The second kappa shape index (κ2) is 8.23. The topological polar surface area (TPSA) is 41.5 Å². The lowest BCUT2D eigenvalue weighted by molar-refractivity contribution is 0.271. The van der Waals surface area contributed by atoms with Gasteiger partial charge < -0.3 is 14.5 Å². The molecule has 0 saturated carbocycles. The molecule has 0 aliphatic carbocycles. The molecule has 148 valence electrons. The van der Waals surface area contributed by atoms with Crippen LogP contribution < -0.4 is 9.64 Å². The number of ether oxygens (including phenoxy) is 1. The fourth-order valence-corrected chi connectivity index (χ4v) is 5.06. The SMILES string of the molecule is CCOc1ccc(-c2c(C)sc3nc(Cl)nc(N4CCN(CC)CC4)c23)cc1. The van der Waals surface area contributed by atoms with E-state index in [0.29, 0.717) is 11.9 Å². The monoisotopic (exact) mass is 416 g/mol. The number of nitrogens with zero attached hydrogens (tertiary/aromatic N) is 4. The zero-order valence-corrected chi connectivity index (χ0v) is 18.1. The van der Waals surface area contributed by atoms with Crippen molar-refractivity contribution in [3.63, 3.8) is 0 Å². The summed E-state index contributed by atoms with van der Waals surface area (Å²) in [5, 5.41) is 1.43. The van der Waals surface area contributed by atoms with E-state index in [1.165, 1.54) is 10.4 Å². The fraction of sp³-hybridized carbons (Fsp3) is 0.429. The number of anilines is 1. The number of hydrogen-bond acceptors (Lipinski definition) is 6. The smallest absolute Gasteiger partial charge is 0.225 e. The number of fused-ring (bicyclic) bond motifs is 1. The van der Waals surface area contributed by atoms with Crippen molar-refractivity contribution in [3.8, 4) is 16.9 Å². The number of aryl methyl sites for hydroxylation is 1. The molecule has 1 aromatic carbocycles. The third kappa shape index (κ3) is 3.69. The summed E-state index contributed by atoms with van der Waals surface area (Å²) < 4.78 is 5.60. The van der Waals surface area contributed by atoms with Crippen LogP contribution in [-0.4, -0.2) is 54.2 Å². The first-order valence-corrected chi connectivity index (χ1v) is 11.0. The number of piperazine rings is 1. The minimum atomic E-state index is 0.319. The third-order valence-electron chi connectivity index (χ3n) is 5.25. The standard InChI is InChI=1S/C21H25ClN4OS/c1-4-25-10-12-26(13-11-25)19-18-17(14(3)28-20(18)24-21(22)23-19)15-6-8-16(9-7-15)27-5-2/h6-9H,4-5,10-13H2,1-3H3. The van der Waals surface area contributed by atoms with Gasteiger partial charge in [0, 0.05) is 36.6 Å². The van der Waals surface area contributed by atoms with Gasteiger partial charge in [0.1, 0.15) is 16.4 Å². The number of likely N-dealkylation sites (N-methyl/N-ethyl adjacent to an activating group) is 1. The zero-order chi connectivity index (χ0) is 19.7. The Morgan fingerprint density at radius 1 is 1.07 bits per heavy atom. The molecule has 4 rings (SSSR count). The maximum atomic E-state index is 6.29. The van der Waals surface area contributed by atoms with Gasteiger partial charge in [-0.05, 0) is 49.7 Å². The van der Waals surface area contributed by atoms with Crippen molar-refractivity contribution >= 4 is 39.0 Å². The van der Waals surface area contributed by atoms with Gasteiger partial charge in [0.05, 0.1) is 12.0 Å². The number of halogens is 1. The summed E-state index contributed by atoms with van der Waals surface area (Å²) in [4.78, 5) is 16.2. The van der Waals surface area contributed by atoms with Crippen molar-refractivity contribution in [2.75, 3.05) is 44.2 Å². The van der Waals surface area contributed by atoms with Crippen LogP contribution in [0, 0.1) is 6.92 Å². The van der Waals surface area contributed by atoms with Crippen molar-refractivity contribution in [2.45, 2.75) is 20.8 Å². The van der Waals surface area contributed by atoms with Gasteiger partial charge in [-0.1, -0.05) is 19.1 Å². The maximum absolute atomic E-state index is 6.29. The Kier molecular flexibility index (Phi) is 5.71. The van der Waals surface area contributed by atoms with Crippen LogP contribution in [0.2, 0.25) is 5.28 Å². The van der Waals surface area contributed by atoms with Gasteiger partial charge in [-0.2, -0.15) is 4.98 Å². The Morgan fingerprint density at radius 2 is 1.79 bits per heavy atom. The summed E-state index contributed by atoms with van der Waals surface area (Å²) in [6, 6.07) is 8.29. The summed E-state index contributed by atoms with van der Waals surface area (Å²) >= 11 is 7.97. The molecule has 0 amide bonds. The first-order valence-electron chi connectivity index (χ1n) is 9.77. The van der Waals surface area contributed by atoms with Crippen molar-refractivity contribution in [2.24, 2.45) is 0 Å². The Labute approximate surface area is 174 Å². The maximum Gasteiger partial charge on any atom is 0.225 e. The second-order valence-corrected chi connectivity index (χ2v) is 8.45. The van der Waals surface area contributed by atoms with Gasteiger partial charge >= 0.3 is 0 Å². The highest BCUT2D eigenvalue weighted by atomic mass is 35.5. The second-order valence-electron chi connectivity index (χ2n) is 6.91. The molecule has 1 aliphatic rings. The fourth-order valence-electron chi connectivity index (χ4n) is 3.81. The van der Waals surface area contributed by atoms with E-state index in [9.17, 15) is 0 Å². The lowest BCUT2D eigenvalue weighted by Crippen LogP contribution is -2.46. The van der Waals surface area contributed by atoms with E-state index in [1.54, 1.807) is 11.3 Å². The van der Waals surface area contributed by atoms with Gasteiger partial charge in [-0.3, -0.25) is 0 Å². The minimum absolute atomic E-state index is 0.319. The van der Waals surface area contributed by atoms with Crippen LogP contribution in [0.5, 0.6) is 5.75 Å². The molecule has 0 spiro atoms. The molecule has 1 saturated heterocycles. The summed E-state index contributed by atoms with van der Waals surface area (Å²) in [5.74, 6) is 1.85. The van der Waals surface area contributed by atoms with Crippen LogP contribution in [0.15, 0.2) is 24.3 Å². The quantitative estimate of drug-likeness (QED) is 0.555. The molecule has 0 N–H and O–H groups in total. The molecule has 7 heteroatoms. The van der Waals surface area contributed by atoms with Gasteiger partial charge in [-0.15, -0.1) is 11.3 Å². The molecular formula is C21H25ClN4OS. The molecule has 0 radical (unpaired) electrons. The summed E-state index contributed by atoms with van der Waals surface area (Å²) in [7, 11) is 0. The molecule has 0 bridgehead atoms. The minimum Gasteiger partial charge on any atom is -0.494 e. The highest BCUT2D eigenvalue weighted by Gasteiger charge is 2.24. The van der Waals surface area contributed by atoms with Crippen LogP contribution >= 0.6 is 22.9 Å². The Balaban J connectivity index is 1.80. The molecule has 5 nitrogen and oxygen atoms in total. The van der Waals surface area contributed by atoms with Crippen LogP contribution in [0.3, 0.4) is 0 Å². The number of rotatable bonds is 5. The van der Waals surface area contributed by atoms with Gasteiger partial charge in [0.2, 0.25) is 5.28 Å². The van der Waals surface area contributed by atoms with E-state index in [4.69, 9.17) is 16.3 Å². The summed E-state index contributed by atoms with van der Waals surface area (Å²) in [5.41, 5.74) is 2.36. The van der Waals surface area contributed by atoms with E-state index < -0.39 is 0 Å². The van der Waals surface area contributed by atoms with E-state index in [1.807, 2.05) is 19.1 Å². The number of aromatic nitrogens is 2. The highest BCUT2D eigenvalue weighted by Crippen LogP contribution is 2.42. The average Bonchev–Trinajstić information content (AvgIpc) is 3.04. The Morgan fingerprint density at radius 3 is 2.43 bits per heavy atom. The number of benzene rings is 1. The predicted octanol–water partition coefficient (Wildman–Crippen LogP) is 4.86. The summed E-state index contributed by atoms with van der Waals surface area (Å²) in [6.07, 6.45) is 0. The summed E-state index contributed by atoms with van der Waals surface area (Å²) in [6.45, 7) is 12.1.